The summed E-state index contributed by atoms with van der Waals surface area (Å²) in [6, 6.07) is 14.6. The monoisotopic (exact) mass is 532 g/mol. The molecular weight excluding hydrogens is 494 g/mol. The molecule has 2 aromatic carbocycles. The third-order valence-corrected chi connectivity index (χ3v) is 7.84. The van der Waals surface area contributed by atoms with Gasteiger partial charge < -0.3 is 16.8 Å². The van der Waals surface area contributed by atoms with E-state index in [9.17, 15) is 0 Å². The molecule has 8 heteroatoms. The van der Waals surface area contributed by atoms with Gasteiger partial charge >= 0.3 is 0 Å². The molecule has 7 nitrogen and oxygen atoms in total. The van der Waals surface area contributed by atoms with Crippen molar-refractivity contribution in [3.63, 3.8) is 0 Å². The fraction of sp³-hybridized carbons (Fsp3) is 0.433. The first-order chi connectivity index (χ1) is 18.6. The first-order valence-electron chi connectivity index (χ1n) is 13.9. The molecule has 1 aromatic heterocycles. The number of aliphatic imine (C=N–C) groups is 1. The van der Waals surface area contributed by atoms with Crippen LogP contribution in [0.1, 0.15) is 79.7 Å². The number of hydrogen-bond acceptors (Lipinski definition) is 5. The van der Waals surface area contributed by atoms with E-state index in [0.29, 0.717) is 6.54 Å². The molecule has 1 fully saturated rings. The summed E-state index contributed by atoms with van der Waals surface area (Å²) in [6.45, 7) is 4.48. The molecule has 38 heavy (non-hydrogen) atoms. The molecule has 200 valence electrons. The largest absolute Gasteiger partial charge is 0.390 e. The van der Waals surface area contributed by atoms with Gasteiger partial charge in [-0.2, -0.15) is 0 Å². The minimum atomic E-state index is -0.313. The summed E-state index contributed by atoms with van der Waals surface area (Å²) in [5.74, 6) is 1.82. The number of fused-ring (bicyclic) bond motifs is 4. The molecule has 1 aliphatic carbocycles. The smallest absolute Gasteiger partial charge is 0.165 e. The standard InChI is InChI=1S/C30H38ClN7/c1-21-36-37-29-30(14-15-30)35-28(22-8-11-25(31)12-9-22)26-18-23(10-13-27(26)38(21)29)24(19-33)20-34-17-7-5-3-2-4-6-16-32/h8-13,18,20,34H,2-7,14-17,19,32-33H2,1H3/p+1/b24-20+. The Balaban J connectivity index is 1.43. The van der Waals surface area contributed by atoms with Crippen LogP contribution in [0.25, 0.3) is 11.3 Å². The molecule has 0 unspecified atom stereocenters. The third kappa shape index (κ3) is 5.55. The summed E-state index contributed by atoms with van der Waals surface area (Å²) in [5.41, 5.74) is 16.0. The lowest BCUT2D eigenvalue weighted by Gasteiger charge is -2.15. The summed E-state index contributed by atoms with van der Waals surface area (Å²) in [5, 5.41) is 13.3. The molecule has 0 amide bonds. The van der Waals surface area contributed by atoms with Crippen LogP contribution in [0.2, 0.25) is 5.02 Å². The lowest BCUT2D eigenvalue weighted by molar-refractivity contribution is -0.349. The topological polar surface area (TPSA) is 109 Å². The highest BCUT2D eigenvalue weighted by Crippen LogP contribution is 2.51. The van der Waals surface area contributed by atoms with Crippen LogP contribution in [0.5, 0.6) is 0 Å². The predicted octanol–water partition coefficient (Wildman–Crippen LogP) is 4.54. The molecule has 1 saturated carbocycles. The van der Waals surface area contributed by atoms with Gasteiger partial charge in [0.25, 0.3) is 0 Å². The van der Waals surface area contributed by atoms with Crippen molar-refractivity contribution in [2.45, 2.75) is 63.8 Å². The number of hydrogen-bond donors (Lipinski definition) is 3. The van der Waals surface area contributed by atoms with Crippen molar-refractivity contribution < 1.29 is 5.73 Å². The van der Waals surface area contributed by atoms with E-state index < -0.39 is 0 Å². The Hall–Kier alpha value is -3.00. The Morgan fingerprint density at radius 2 is 1.79 bits per heavy atom. The number of rotatable bonds is 12. The van der Waals surface area contributed by atoms with Gasteiger partial charge in [0.15, 0.2) is 5.82 Å². The molecule has 0 saturated heterocycles. The predicted molar refractivity (Wildman–Crippen MR) is 155 cm³/mol. The highest BCUT2D eigenvalue weighted by molar-refractivity contribution is 6.30. The van der Waals surface area contributed by atoms with Crippen molar-refractivity contribution in [3.05, 3.63) is 82.0 Å². The maximum absolute atomic E-state index is 6.23. The Kier molecular flexibility index (Phi) is 8.27. The molecule has 1 aliphatic heterocycles. The highest BCUT2D eigenvalue weighted by atomic mass is 35.5. The second-order valence-electron chi connectivity index (χ2n) is 10.4. The maximum Gasteiger partial charge on any atom is 0.165 e. The molecule has 0 atom stereocenters. The Morgan fingerprint density at radius 3 is 2.50 bits per heavy atom. The molecule has 2 aliphatic rings. The first-order valence-corrected chi connectivity index (χ1v) is 14.3. The zero-order valence-electron chi connectivity index (χ0n) is 22.3. The lowest BCUT2D eigenvalue weighted by atomic mass is 9.95. The van der Waals surface area contributed by atoms with Gasteiger partial charge in [0.2, 0.25) is 0 Å². The minimum Gasteiger partial charge on any atom is -0.390 e. The summed E-state index contributed by atoms with van der Waals surface area (Å²) in [6.07, 6.45) is 11.4. The summed E-state index contributed by atoms with van der Waals surface area (Å²) < 4.78 is 2.19. The Morgan fingerprint density at radius 1 is 1.05 bits per heavy atom. The van der Waals surface area contributed by atoms with E-state index in [1.807, 2.05) is 19.1 Å². The van der Waals surface area contributed by atoms with E-state index in [1.54, 1.807) is 0 Å². The van der Waals surface area contributed by atoms with Gasteiger partial charge in [-0.15, -0.1) is 10.2 Å². The van der Waals surface area contributed by atoms with E-state index in [4.69, 9.17) is 22.3 Å². The normalized spacial score (nSPS) is 15.6. The lowest BCUT2D eigenvalue weighted by Crippen LogP contribution is -2.50. The van der Waals surface area contributed by atoms with E-state index >= 15 is 0 Å². The van der Waals surface area contributed by atoms with Crippen molar-refractivity contribution in [1.82, 2.24) is 20.1 Å². The van der Waals surface area contributed by atoms with Gasteiger partial charge in [0, 0.05) is 34.5 Å². The fourth-order valence-electron chi connectivity index (χ4n) is 5.25. The Labute approximate surface area is 230 Å². The van der Waals surface area contributed by atoms with E-state index in [0.717, 1.165) is 77.1 Å². The minimum absolute atomic E-state index is 0.313. The molecule has 0 bridgehead atoms. The second-order valence-corrected chi connectivity index (χ2v) is 10.9. The van der Waals surface area contributed by atoms with Crippen LogP contribution in [0.4, 0.5) is 0 Å². The van der Waals surface area contributed by atoms with Gasteiger partial charge in [-0.3, -0.25) is 9.56 Å². The highest BCUT2D eigenvalue weighted by Gasteiger charge is 2.51. The Bertz CT molecular complexity index is 1320. The zero-order chi connectivity index (χ0) is 26.5. The number of aromatic nitrogens is 3. The quantitative estimate of drug-likeness (QED) is 0.297. The number of nitrogens with zero attached hydrogens (tertiary/aromatic N) is 4. The fourth-order valence-corrected chi connectivity index (χ4v) is 5.38. The van der Waals surface area contributed by atoms with Crippen LogP contribution in [-0.2, 0) is 5.54 Å². The average Bonchev–Trinajstić information content (AvgIpc) is 3.63. The SMILES string of the molecule is Cc1nnc2n1-c1ccc(/C(=C/NCCCCCCCCN)C[NH3+])cc1C(c1ccc(Cl)cc1)=NC21CC1. The van der Waals surface area contributed by atoms with Gasteiger partial charge in [-0.25, -0.2) is 0 Å². The summed E-state index contributed by atoms with van der Waals surface area (Å²) in [7, 11) is 0. The van der Waals surface area contributed by atoms with Gasteiger partial charge in [-0.1, -0.05) is 55.5 Å². The number of quaternary nitrogens is 1. The van der Waals surface area contributed by atoms with Crippen LogP contribution in [0, 0.1) is 6.92 Å². The number of unbranched alkanes of at least 4 members (excludes halogenated alkanes) is 5. The van der Waals surface area contributed by atoms with Crippen molar-refractivity contribution in [3.8, 4) is 5.69 Å². The molecular formula is C30H39ClN7+. The number of benzene rings is 2. The zero-order valence-corrected chi connectivity index (χ0v) is 23.1. The first kappa shape index (κ1) is 26.6. The second kappa shape index (κ2) is 11.8. The molecule has 6 N–H and O–H groups in total. The van der Waals surface area contributed by atoms with Crippen LogP contribution >= 0.6 is 11.6 Å². The number of halogens is 1. The van der Waals surface area contributed by atoms with Crippen molar-refractivity contribution >= 4 is 22.9 Å². The number of aryl methyl sites for hydroxylation is 1. The molecule has 1 spiro atoms. The molecule has 2 heterocycles. The van der Waals surface area contributed by atoms with Crippen molar-refractivity contribution in [2.75, 3.05) is 19.6 Å². The van der Waals surface area contributed by atoms with Crippen LogP contribution in [0.15, 0.2) is 53.7 Å². The summed E-state index contributed by atoms with van der Waals surface area (Å²) in [4.78, 5) is 5.36. The molecule has 3 aromatic rings. The van der Waals surface area contributed by atoms with Crippen molar-refractivity contribution in [2.24, 2.45) is 10.7 Å². The van der Waals surface area contributed by atoms with Crippen molar-refractivity contribution in [1.29, 1.82) is 0 Å². The van der Waals surface area contributed by atoms with Crippen LogP contribution in [0.3, 0.4) is 0 Å². The van der Waals surface area contributed by atoms with E-state index in [-0.39, 0.29) is 5.54 Å². The van der Waals surface area contributed by atoms with Gasteiger partial charge in [0.1, 0.15) is 17.9 Å². The van der Waals surface area contributed by atoms with Gasteiger partial charge in [0.05, 0.1) is 11.4 Å². The average molecular weight is 533 g/mol. The van der Waals surface area contributed by atoms with Crippen LogP contribution in [-0.4, -0.2) is 40.1 Å². The molecule has 5 rings (SSSR count). The molecule has 0 radical (unpaired) electrons. The number of nitrogens with two attached hydrogens (primary N) is 1. The summed E-state index contributed by atoms with van der Waals surface area (Å²) >= 11 is 6.23. The van der Waals surface area contributed by atoms with Gasteiger partial charge in [-0.05, 0) is 69.0 Å². The maximum atomic E-state index is 6.23. The third-order valence-electron chi connectivity index (χ3n) is 7.59. The van der Waals surface area contributed by atoms with Crippen LogP contribution < -0.4 is 16.8 Å². The van der Waals surface area contributed by atoms with E-state index in [2.05, 4.69) is 62.3 Å². The number of nitrogens with one attached hydrogen (secondary N) is 1. The van der Waals surface area contributed by atoms with E-state index in [1.165, 1.54) is 37.7 Å².